The number of hydrogen-bond acceptors (Lipinski definition) is 6. The first-order chi connectivity index (χ1) is 28.7. The summed E-state index contributed by atoms with van der Waals surface area (Å²) < 4.78 is 34.5. The lowest BCUT2D eigenvalue weighted by atomic mass is 9.75. The van der Waals surface area contributed by atoms with Crippen LogP contribution >= 0.6 is 8.60 Å². The lowest BCUT2D eigenvalue weighted by Gasteiger charge is -2.33. The minimum atomic E-state index is -2.21. The Kier molecular flexibility index (Phi) is 14.8. The van der Waals surface area contributed by atoms with E-state index >= 15 is 0 Å². The van der Waals surface area contributed by atoms with E-state index in [9.17, 15) is 4.79 Å². The standard InChI is InChI=1S/C57H83O6P/c1-34-26-36(3)46(42(28-34)53(11,12)13)61-64(62-47-37(4)27-35(2)29-43(47)54(14,15)16)63-49-41(31-39(52(8,9)10)33-45(49)56(20,21)22)40-30-38(51(5,6)7)32-44(55(17,18)19)48(40)59-50(58)60-57(23,24)25/h26-33H,1-25H3. The van der Waals surface area contributed by atoms with Gasteiger partial charge in [0.05, 0.1) is 0 Å². The number of rotatable bonds is 8. The monoisotopic (exact) mass is 895 g/mol. The van der Waals surface area contributed by atoms with Crippen molar-refractivity contribution in [2.75, 3.05) is 0 Å². The van der Waals surface area contributed by atoms with Gasteiger partial charge in [-0.05, 0) is 115 Å². The molecule has 352 valence electrons. The maximum atomic E-state index is 13.9. The molecule has 0 spiro atoms. The molecule has 0 atom stereocenters. The van der Waals surface area contributed by atoms with E-state index in [0.717, 1.165) is 78.3 Å². The molecule has 0 unspecified atom stereocenters. The summed E-state index contributed by atoms with van der Waals surface area (Å²) >= 11 is 0. The SMILES string of the molecule is Cc1cc(C)c(OP(Oc2c(C)cc(C)cc2C(C)(C)C)Oc2c(-c3cc(C(C)(C)C)cc(C(C)(C)C)c3OC(=O)OC(C)(C)C)cc(C(C)(C)C)cc2C(C)(C)C)c(C(C)(C)C)c1. The fraction of sp³-hybridized carbons (Fsp3) is 0.561. The zero-order valence-corrected chi connectivity index (χ0v) is 45.4. The van der Waals surface area contributed by atoms with Crippen LogP contribution in [0.1, 0.15) is 201 Å². The predicted molar refractivity (Wildman–Crippen MR) is 272 cm³/mol. The van der Waals surface area contributed by atoms with Gasteiger partial charge >= 0.3 is 14.8 Å². The smallest absolute Gasteiger partial charge is 0.428 e. The molecule has 6 nitrogen and oxygen atoms in total. The van der Waals surface area contributed by atoms with Crippen LogP contribution < -0.4 is 18.3 Å². The zero-order valence-electron chi connectivity index (χ0n) is 44.5. The van der Waals surface area contributed by atoms with Crippen LogP contribution in [0.4, 0.5) is 4.79 Å². The summed E-state index contributed by atoms with van der Waals surface area (Å²) in [4.78, 5) is 13.9. The Balaban J connectivity index is 2.28. The second-order valence-electron chi connectivity index (χ2n) is 25.3. The van der Waals surface area contributed by atoms with E-state index in [1.54, 1.807) is 0 Å². The van der Waals surface area contributed by atoms with Crippen LogP contribution in [0.25, 0.3) is 11.1 Å². The summed E-state index contributed by atoms with van der Waals surface area (Å²) in [5, 5.41) is 0. The first kappa shape index (κ1) is 52.6. The minimum absolute atomic E-state index is 0.246. The Labute approximate surface area is 390 Å². The molecule has 0 saturated heterocycles. The molecule has 4 aromatic carbocycles. The average molecular weight is 895 g/mol. The summed E-state index contributed by atoms with van der Waals surface area (Å²) in [6.45, 7) is 53.7. The highest BCUT2D eigenvalue weighted by Crippen LogP contribution is 2.55. The number of aryl methyl sites for hydroxylation is 4. The van der Waals surface area contributed by atoms with Crippen molar-refractivity contribution in [1.29, 1.82) is 0 Å². The van der Waals surface area contributed by atoms with Crippen LogP contribution in [0.3, 0.4) is 0 Å². The molecule has 0 aliphatic carbocycles. The van der Waals surface area contributed by atoms with Crippen molar-refractivity contribution in [1.82, 2.24) is 0 Å². The lowest BCUT2D eigenvalue weighted by Crippen LogP contribution is -2.27. The third kappa shape index (κ3) is 12.9. The quantitative estimate of drug-likeness (QED) is 0.0997. The van der Waals surface area contributed by atoms with Crippen LogP contribution in [0.15, 0.2) is 48.5 Å². The number of ether oxygens (including phenoxy) is 2. The number of hydrogen-bond donors (Lipinski definition) is 0. The Morgan fingerprint density at radius 3 is 1.03 bits per heavy atom. The fourth-order valence-corrected chi connectivity index (χ4v) is 8.99. The van der Waals surface area contributed by atoms with Gasteiger partial charge in [0.15, 0.2) is 0 Å². The first-order valence-electron chi connectivity index (χ1n) is 23.0. The van der Waals surface area contributed by atoms with Crippen molar-refractivity contribution >= 4 is 14.8 Å². The molecule has 64 heavy (non-hydrogen) atoms. The molecule has 4 rings (SSSR count). The van der Waals surface area contributed by atoms with Crippen molar-refractivity contribution in [3.63, 3.8) is 0 Å². The van der Waals surface area contributed by atoms with E-state index in [4.69, 9.17) is 23.0 Å². The molecule has 0 N–H and O–H groups in total. The summed E-state index contributed by atoms with van der Waals surface area (Å²) in [5.41, 5.74) is 9.42. The van der Waals surface area contributed by atoms with Crippen LogP contribution in [-0.2, 0) is 37.2 Å². The largest absolute Gasteiger partial charge is 0.530 e. The van der Waals surface area contributed by atoms with Gasteiger partial charge in [-0.15, -0.1) is 0 Å². The molecule has 0 bridgehead atoms. The second-order valence-corrected chi connectivity index (χ2v) is 26.3. The highest BCUT2D eigenvalue weighted by Gasteiger charge is 2.37. The average Bonchev–Trinajstić information content (AvgIpc) is 3.06. The van der Waals surface area contributed by atoms with Gasteiger partial charge in [-0.1, -0.05) is 172 Å². The molecule has 0 saturated carbocycles. The molecule has 0 aliphatic heterocycles. The van der Waals surface area contributed by atoms with Gasteiger partial charge in [-0.25, -0.2) is 4.79 Å². The number of carbonyl (C=O) groups excluding carboxylic acids is 1. The normalized spacial score (nSPS) is 13.3. The molecule has 0 heterocycles. The van der Waals surface area contributed by atoms with Gasteiger partial charge in [0.25, 0.3) is 0 Å². The molecule has 0 amide bonds. The van der Waals surface area contributed by atoms with Crippen molar-refractivity contribution < 1.29 is 27.8 Å². The van der Waals surface area contributed by atoms with Crippen LogP contribution in [0.5, 0.6) is 23.0 Å². The maximum absolute atomic E-state index is 13.9. The fourth-order valence-electron chi connectivity index (χ4n) is 7.75. The van der Waals surface area contributed by atoms with Gasteiger partial charge in [0.2, 0.25) is 0 Å². The van der Waals surface area contributed by atoms with E-state index in [1.807, 2.05) is 20.8 Å². The van der Waals surface area contributed by atoms with Crippen molar-refractivity contribution in [2.45, 2.75) is 211 Å². The summed E-state index contributed by atoms with van der Waals surface area (Å²) in [5.74, 6) is 2.53. The zero-order chi connectivity index (χ0) is 49.1. The third-order valence-electron chi connectivity index (χ3n) is 11.3. The van der Waals surface area contributed by atoms with E-state index < -0.39 is 31.2 Å². The van der Waals surface area contributed by atoms with Crippen LogP contribution in [0, 0.1) is 27.7 Å². The summed E-state index contributed by atoms with van der Waals surface area (Å²) in [7, 11) is -2.21. The van der Waals surface area contributed by atoms with E-state index in [1.165, 1.54) is 0 Å². The van der Waals surface area contributed by atoms with Gasteiger partial charge < -0.3 is 23.0 Å². The molecule has 0 radical (unpaired) electrons. The highest BCUT2D eigenvalue weighted by molar-refractivity contribution is 7.43. The lowest BCUT2D eigenvalue weighted by molar-refractivity contribution is 0.0204. The third-order valence-corrected chi connectivity index (χ3v) is 12.3. The van der Waals surface area contributed by atoms with Gasteiger partial charge in [0.1, 0.15) is 28.6 Å². The molecule has 4 aromatic rings. The topological polar surface area (TPSA) is 63.2 Å². The highest BCUT2D eigenvalue weighted by atomic mass is 31.2. The first-order valence-corrected chi connectivity index (χ1v) is 24.1. The molecule has 0 aliphatic rings. The van der Waals surface area contributed by atoms with Crippen molar-refractivity contribution in [2.24, 2.45) is 0 Å². The molecule has 0 fully saturated rings. The van der Waals surface area contributed by atoms with Gasteiger partial charge in [-0.2, -0.15) is 0 Å². The van der Waals surface area contributed by atoms with Gasteiger partial charge in [-0.3, -0.25) is 0 Å². The Bertz CT molecular complexity index is 2280. The van der Waals surface area contributed by atoms with E-state index in [0.29, 0.717) is 11.5 Å². The second kappa shape index (κ2) is 18.0. The van der Waals surface area contributed by atoms with Gasteiger partial charge in [0, 0.05) is 33.4 Å². The Hall–Kier alpha value is -4.02. The Morgan fingerprint density at radius 2 is 0.703 bits per heavy atom. The number of carbonyl (C=O) groups is 1. The maximum Gasteiger partial charge on any atom is 0.530 e. The molecule has 7 heteroatoms. The predicted octanol–water partition coefficient (Wildman–Crippen LogP) is 17.4. The van der Waals surface area contributed by atoms with Crippen LogP contribution in [0.2, 0.25) is 0 Å². The van der Waals surface area contributed by atoms with E-state index in [2.05, 4.69) is 201 Å². The number of benzene rings is 4. The van der Waals surface area contributed by atoms with Crippen LogP contribution in [-0.4, -0.2) is 11.8 Å². The summed E-state index contributed by atoms with van der Waals surface area (Å²) in [6.07, 6.45) is -0.767. The molecular formula is C57H83O6P. The van der Waals surface area contributed by atoms with E-state index in [-0.39, 0.29) is 21.7 Å². The molecule has 0 aromatic heterocycles. The Morgan fingerprint density at radius 1 is 0.391 bits per heavy atom. The summed E-state index contributed by atoms with van der Waals surface area (Å²) in [6, 6.07) is 17.6. The van der Waals surface area contributed by atoms with Crippen molar-refractivity contribution in [3.8, 4) is 34.1 Å². The molecular weight excluding hydrogens is 812 g/mol. The van der Waals surface area contributed by atoms with Crippen molar-refractivity contribution in [3.05, 3.63) is 104 Å². The minimum Gasteiger partial charge on any atom is -0.428 e.